The van der Waals surface area contributed by atoms with Crippen molar-refractivity contribution in [1.82, 2.24) is 9.21 Å². The van der Waals surface area contributed by atoms with E-state index in [9.17, 15) is 13.2 Å². The Morgan fingerprint density at radius 1 is 1.35 bits per heavy atom. The van der Waals surface area contributed by atoms with Gasteiger partial charge in [-0.2, -0.15) is 4.31 Å². The second-order valence-corrected chi connectivity index (χ2v) is 6.98. The largest absolute Gasteiger partial charge is 0.478 e. The van der Waals surface area contributed by atoms with Gasteiger partial charge in [0, 0.05) is 19.1 Å². The summed E-state index contributed by atoms with van der Waals surface area (Å²) in [4.78, 5) is 13.0. The molecule has 1 aromatic rings. The maximum absolute atomic E-state index is 12.6. The molecule has 110 valence electrons. The Bertz CT molecular complexity index is 613. The van der Waals surface area contributed by atoms with Gasteiger partial charge in [0.25, 0.3) is 0 Å². The minimum absolute atomic E-state index is 0.132. The lowest BCUT2D eigenvalue weighted by molar-refractivity contribution is 0.0692. The molecule has 0 amide bonds. The Morgan fingerprint density at radius 2 is 2.00 bits per heavy atom. The van der Waals surface area contributed by atoms with Crippen molar-refractivity contribution in [3.63, 3.8) is 0 Å². The Balaban J connectivity index is 2.35. The summed E-state index contributed by atoms with van der Waals surface area (Å²) < 4.78 is 26.5. The number of likely N-dealkylation sites (N-methyl/N-ethyl adjacent to an activating group) is 1. The molecule has 1 N–H and O–H groups in total. The lowest BCUT2D eigenvalue weighted by atomic mass is 10.2. The van der Waals surface area contributed by atoms with Gasteiger partial charge in [0.2, 0.25) is 10.0 Å². The standard InChI is InChI=1S/C13H18N2O4S/c1-14(2)10-7-8-15(9-10)20(18,19)12-6-4-3-5-11(12)13(16)17/h3-6,10H,7-9H2,1-2H3,(H,16,17). The quantitative estimate of drug-likeness (QED) is 0.886. The molecular weight excluding hydrogens is 280 g/mol. The van der Waals surface area contributed by atoms with Gasteiger partial charge in [0.05, 0.1) is 10.5 Å². The number of hydrogen-bond donors (Lipinski definition) is 1. The minimum atomic E-state index is -3.75. The van der Waals surface area contributed by atoms with E-state index in [0.29, 0.717) is 13.1 Å². The highest BCUT2D eigenvalue weighted by Gasteiger charge is 2.35. The number of carboxylic acid groups (broad SMARTS) is 1. The number of nitrogens with zero attached hydrogens (tertiary/aromatic N) is 2. The highest BCUT2D eigenvalue weighted by molar-refractivity contribution is 7.89. The molecule has 1 atom stereocenters. The van der Waals surface area contributed by atoms with Crippen LogP contribution in [0.3, 0.4) is 0 Å². The summed E-state index contributed by atoms with van der Waals surface area (Å²) >= 11 is 0. The zero-order valence-electron chi connectivity index (χ0n) is 11.5. The van der Waals surface area contributed by atoms with Gasteiger partial charge in [0.1, 0.15) is 0 Å². The Kier molecular flexibility index (Phi) is 4.12. The van der Waals surface area contributed by atoms with Crippen molar-refractivity contribution in [2.75, 3.05) is 27.2 Å². The van der Waals surface area contributed by atoms with Crippen LogP contribution in [0, 0.1) is 0 Å². The summed E-state index contributed by atoms with van der Waals surface area (Å²) in [5, 5.41) is 9.12. The van der Waals surface area contributed by atoms with Crippen molar-refractivity contribution in [3.05, 3.63) is 29.8 Å². The molecule has 1 aliphatic rings. The number of hydrogen-bond acceptors (Lipinski definition) is 4. The van der Waals surface area contributed by atoms with Crippen LogP contribution in [0.5, 0.6) is 0 Å². The fourth-order valence-electron chi connectivity index (χ4n) is 2.36. The van der Waals surface area contributed by atoms with Crippen molar-refractivity contribution in [1.29, 1.82) is 0 Å². The molecule has 0 bridgehead atoms. The predicted octanol–water partition coefficient (Wildman–Crippen LogP) is 0.709. The molecule has 1 fully saturated rings. The number of benzene rings is 1. The molecule has 1 saturated heterocycles. The van der Waals surface area contributed by atoms with Crippen LogP contribution in [-0.2, 0) is 10.0 Å². The van der Waals surface area contributed by atoms with Gasteiger partial charge in [-0.1, -0.05) is 12.1 Å². The van der Waals surface area contributed by atoms with Crippen LogP contribution in [0.2, 0.25) is 0 Å². The van der Waals surface area contributed by atoms with Gasteiger partial charge >= 0.3 is 5.97 Å². The lowest BCUT2D eigenvalue weighted by Gasteiger charge is -2.20. The molecule has 6 nitrogen and oxygen atoms in total. The van der Waals surface area contributed by atoms with Crippen molar-refractivity contribution in [3.8, 4) is 0 Å². The van der Waals surface area contributed by atoms with E-state index in [-0.39, 0.29) is 16.5 Å². The van der Waals surface area contributed by atoms with Crippen molar-refractivity contribution in [2.45, 2.75) is 17.4 Å². The van der Waals surface area contributed by atoms with E-state index in [4.69, 9.17) is 5.11 Å². The zero-order chi connectivity index (χ0) is 14.9. The smallest absolute Gasteiger partial charge is 0.337 e. The van der Waals surface area contributed by atoms with Crippen LogP contribution in [0.25, 0.3) is 0 Å². The summed E-state index contributed by atoms with van der Waals surface area (Å²) in [6.45, 7) is 0.808. The second-order valence-electron chi connectivity index (χ2n) is 5.07. The van der Waals surface area contributed by atoms with E-state index in [1.54, 1.807) is 6.07 Å². The molecule has 1 aliphatic heterocycles. The predicted molar refractivity (Wildman–Crippen MR) is 74.3 cm³/mol. The van der Waals surface area contributed by atoms with E-state index in [1.807, 2.05) is 19.0 Å². The molecule has 0 radical (unpaired) electrons. The van der Waals surface area contributed by atoms with Gasteiger partial charge in [0.15, 0.2) is 0 Å². The molecule has 0 saturated carbocycles. The number of aromatic carboxylic acids is 1. The first kappa shape index (κ1) is 15.0. The molecule has 1 unspecified atom stereocenters. The molecule has 1 heterocycles. The van der Waals surface area contributed by atoms with Gasteiger partial charge in [-0.05, 0) is 32.6 Å². The summed E-state index contributed by atoms with van der Waals surface area (Å²) in [5.41, 5.74) is -0.180. The van der Waals surface area contributed by atoms with Crippen molar-refractivity contribution >= 4 is 16.0 Å². The fraction of sp³-hybridized carbons (Fsp3) is 0.462. The van der Waals surface area contributed by atoms with E-state index >= 15 is 0 Å². The third-order valence-electron chi connectivity index (χ3n) is 3.59. The molecule has 0 aliphatic carbocycles. The lowest BCUT2D eigenvalue weighted by Crippen LogP contribution is -2.35. The van der Waals surface area contributed by atoms with Gasteiger partial charge < -0.3 is 10.0 Å². The maximum atomic E-state index is 12.6. The zero-order valence-corrected chi connectivity index (χ0v) is 12.3. The first-order valence-electron chi connectivity index (χ1n) is 6.33. The molecule has 2 rings (SSSR count). The number of sulfonamides is 1. The fourth-order valence-corrected chi connectivity index (χ4v) is 4.03. The average Bonchev–Trinajstić information content (AvgIpc) is 2.89. The SMILES string of the molecule is CN(C)C1CCN(S(=O)(=O)c2ccccc2C(=O)O)C1. The van der Waals surface area contributed by atoms with Gasteiger partial charge in [-0.15, -0.1) is 0 Å². The van der Waals surface area contributed by atoms with Gasteiger partial charge in [-0.3, -0.25) is 0 Å². The minimum Gasteiger partial charge on any atom is -0.478 e. The number of rotatable bonds is 4. The van der Waals surface area contributed by atoms with E-state index < -0.39 is 16.0 Å². The highest BCUT2D eigenvalue weighted by atomic mass is 32.2. The second kappa shape index (κ2) is 5.51. The molecular formula is C13H18N2O4S. The average molecular weight is 298 g/mol. The van der Waals surface area contributed by atoms with Crippen LogP contribution >= 0.6 is 0 Å². The Hall–Kier alpha value is -1.44. The van der Waals surface area contributed by atoms with Crippen molar-refractivity contribution < 1.29 is 18.3 Å². The summed E-state index contributed by atoms with van der Waals surface area (Å²) in [6.07, 6.45) is 0.751. The van der Waals surface area contributed by atoms with Crippen LogP contribution in [0.4, 0.5) is 0 Å². The Labute approximate surface area is 118 Å². The monoisotopic (exact) mass is 298 g/mol. The van der Waals surface area contributed by atoms with Gasteiger partial charge in [-0.25, -0.2) is 13.2 Å². The van der Waals surface area contributed by atoms with Crippen LogP contribution < -0.4 is 0 Å². The van der Waals surface area contributed by atoms with E-state index in [0.717, 1.165) is 6.42 Å². The summed E-state index contributed by atoms with van der Waals surface area (Å²) in [6, 6.07) is 5.89. The van der Waals surface area contributed by atoms with Crippen molar-refractivity contribution in [2.24, 2.45) is 0 Å². The molecule has 7 heteroatoms. The maximum Gasteiger partial charge on any atom is 0.337 e. The number of carbonyl (C=O) groups is 1. The van der Waals surface area contributed by atoms with Crippen LogP contribution in [-0.4, -0.2) is 61.9 Å². The molecule has 0 aromatic heterocycles. The normalized spacial score (nSPS) is 20.4. The molecule has 20 heavy (non-hydrogen) atoms. The summed E-state index contributed by atoms with van der Waals surface area (Å²) in [7, 11) is 0.0624. The third-order valence-corrected chi connectivity index (χ3v) is 5.51. The first-order valence-corrected chi connectivity index (χ1v) is 7.77. The van der Waals surface area contributed by atoms with Crippen LogP contribution in [0.15, 0.2) is 29.2 Å². The van der Waals surface area contributed by atoms with E-state index in [2.05, 4.69) is 0 Å². The highest BCUT2D eigenvalue weighted by Crippen LogP contribution is 2.25. The number of carboxylic acids is 1. The summed E-state index contributed by atoms with van der Waals surface area (Å²) in [5.74, 6) is -1.23. The van der Waals surface area contributed by atoms with E-state index in [1.165, 1.54) is 22.5 Å². The molecule has 0 spiro atoms. The van der Waals surface area contributed by atoms with Crippen LogP contribution in [0.1, 0.15) is 16.8 Å². The third kappa shape index (κ3) is 2.70. The Morgan fingerprint density at radius 3 is 2.55 bits per heavy atom. The molecule has 1 aromatic carbocycles. The topological polar surface area (TPSA) is 77.9 Å². The first-order chi connectivity index (χ1) is 9.34.